The van der Waals surface area contributed by atoms with E-state index in [1.54, 1.807) is 0 Å². The van der Waals surface area contributed by atoms with Crippen molar-refractivity contribution in [2.24, 2.45) is 0 Å². The molecule has 0 bridgehead atoms. The summed E-state index contributed by atoms with van der Waals surface area (Å²) in [6.07, 6.45) is 0. The predicted molar refractivity (Wildman–Crippen MR) is 138 cm³/mol. The van der Waals surface area contributed by atoms with Gasteiger partial charge in [0.1, 0.15) is 0 Å². The molecule has 340 valence electrons. The third kappa shape index (κ3) is 25.2. The smallest absolute Gasteiger partial charge is 0.457 e. The van der Waals surface area contributed by atoms with E-state index in [1.807, 2.05) is 0 Å². The third-order valence-electron chi connectivity index (χ3n) is 2.34. The van der Waals surface area contributed by atoms with Gasteiger partial charge < -0.3 is 56.2 Å². The molecule has 0 saturated heterocycles. The largest absolute Gasteiger partial charge is 3.00 e. The Bertz CT molecular complexity index is 1380. The Balaban J connectivity index is -0.0000000452. The molecule has 0 heterocycles. The molecule has 0 aromatic carbocycles. The van der Waals surface area contributed by atoms with E-state index in [0.29, 0.717) is 0 Å². The van der Waals surface area contributed by atoms with Crippen LogP contribution in [0.1, 0.15) is 0 Å². The van der Waals surface area contributed by atoms with E-state index in [1.165, 1.54) is 0 Å². The van der Waals surface area contributed by atoms with Gasteiger partial charge in [-0.25, -0.2) is 50.5 Å². The van der Waals surface area contributed by atoms with Gasteiger partial charge in [0.25, 0.3) is 0 Å². The second-order valence-corrected chi connectivity index (χ2v) is 16.0. The summed E-state index contributed by atoms with van der Waals surface area (Å²) in [7, 11) is -40.3. The summed E-state index contributed by atoms with van der Waals surface area (Å²) in [5.41, 5.74) is -37.2. The fourth-order valence-corrected chi connectivity index (χ4v) is 5.77. The van der Waals surface area contributed by atoms with Gasteiger partial charge in [-0.3, -0.25) is 0 Å². The minimum atomic E-state index is -6.72. The summed E-state index contributed by atoms with van der Waals surface area (Å²) in [6, 6.07) is 0. The van der Waals surface area contributed by atoms with Gasteiger partial charge in [-0.05, 0) is 0 Å². The van der Waals surface area contributed by atoms with Gasteiger partial charge in [0.15, 0.2) is 60.1 Å². The first-order valence-corrected chi connectivity index (χ1v) is 16.4. The van der Waals surface area contributed by atoms with Crippen LogP contribution in [0.3, 0.4) is 0 Å². The molecule has 23 N–H and O–H groups in total. The molecule has 0 amide bonds. The summed E-state index contributed by atoms with van der Waals surface area (Å²) in [5.74, 6) is 0. The second-order valence-electron chi connectivity index (χ2n) is 5.75. The van der Waals surface area contributed by atoms with E-state index in [9.17, 15) is 130 Å². The van der Waals surface area contributed by atoms with Crippen molar-refractivity contribution < 1.29 is 199 Å². The average molecular weight is 1040 g/mol. The van der Waals surface area contributed by atoms with Gasteiger partial charge >= 0.3 is 58.9 Å². The second kappa shape index (κ2) is 24.6. The third-order valence-corrected chi connectivity index (χ3v) is 10.6. The van der Waals surface area contributed by atoms with Gasteiger partial charge in [-0.2, -0.15) is 79.0 Å². The van der Waals surface area contributed by atoms with Crippen LogP contribution in [0.2, 0.25) is 0 Å². The van der Waals surface area contributed by atoms with E-state index < -0.39 is 93.2 Å². The zero-order valence-corrected chi connectivity index (χ0v) is 30.3. The molecular formula is C6H23F18N3O20S6Sc+7. The number of halogens is 18. The topological polar surface area (TPSA) is 510 Å². The maximum atomic E-state index is 11.4. The average Bonchev–Trinajstić information content (AvgIpc) is 2.61. The Kier molecular flexibility index (Phi) is 38.8. The summed E-state index contributed by atoms with van der Waals surface area (Å²) >= 11 is 0. The van der Waals surface area contributed by atoms with Gasteiger partial charge in [-0.15, -0.1) is 0 Å². The van der Waals surface area contributed by atoms with Gasteiger partial charge in [-0.1, -0.05) is 0 Å². The zero-order chi connectivity index (χ0) is 38.1. The monoisotopic (exact) mass is 1040 g/mol. The van der Waals surface area contributed by atoms with E-state index in [-0.39, 0.29) is 69.7 Å². The summed E-state index contributed by atoms with van der Waals surface area (Å²) in [4.78, 5) is 0. The molecule has 0 saturated carbocycles. The molecule has 0 unspecified atom stereocenters. The van der Waals surface area contributed by atoms with Crippen molar-refractivity contribution in [3.05, 3.63) is 12.4 Å². The minimum absolute atomic E-state index is 0. The Morgan fingerprint density at radius 2 is 0.296 bits per heavy atom. The number of rotatable bonds is 6. The molecule has 0 aliphatic heterocycles. The molecule has 23 nitrogen and oxygen atoms in total. The van der Waals surface area contributed by atoms with E-state index in [4.69, 9.17) is 0 Å². The maximum absolute atomic E-state index is 11.4. The van der Waals surface area contributed by atoms with Crippen LogP contribution in [-0.2, 0) is 124 Å². The number of alkyl halides is 18. The SMILES string of the molecule is O.O=S(=O)([N-]S(=O)(=O)C(F)(F)F)C(F)(F)F.O=S(=O)([N-]S(=O)(=O)C(F)(F)F)C(F)(F)F.O=S(=O)([N-]S(=O)(=O)C(F)(F)F)C(F)(F)F.[OH3+].[OH3+].[OH3+].[OH3+].[OH3+].[OH3+].[OH3+].[Sc+3]. The van der Waals surface area contributed by atoms with E-state index in [2.05, 4.69) is 0 Å². The van der Waals surface area contributed by atoms with Gasteiger partial charge in [0, 0.05) is 0 Å². The van der Waals surface area contributed by atoms with Crippen molar-refractivity contribution in [1.29, 1.82) is 0 Å². The van der Waals surface area contributed by atoms with Crippen LogP contribution in [0, 0.1) is 0 Å². The molecule has 54 heavy (non-hydrogen) atoms. The molecule has 0 aromatic heterocycles. The van der Waals surface area contributed by atoms with Crippen molar-refractivity contribution in [3.63, 3.8) is 0 Å². The minimum Gasteiger partial charge on any atom is -0.457 e. The Hall–Kier alpha value is -1.13. The number of sulfonamides is 6. The Morgan fingerprint density at radius 1 is 0.241 bits per heavy atom. The van der Waals surface area contributed by atoms with E-state index >= 15 is 0 Å². The van der Waals surface area contributed by atoms with Crippen LogP contribution in [0.25, 0.3) is 12.4 Å². The van der Waals surface area contributed by atoms with Crippen molar-refractivity contribution in [2.75, 3.05) is 0 Å². The first kappa shape index (κ1) is 85.2. The molecule has 0 aromatic rings. The molecule has 48 heteroatoms. The molecule has 0 fully saturated rings. The fourth-order valence-electron chi connectivity index (χ4n) is 0.641. The molecule has 0 aliphatic carbocycles. The number of hydrogen-bond donors (Lipinski definition) is 0. The van der Waals surface area contributed by atoms with Crippen LogP contribution in [-0.4, -0.2) is 89.0 Å². The molecule has 0 aliphatic rings. The van der Waals surface area contributed by atoms with Crippen molar-refractivity contribution in [2.45, 2.75) is 33.0 Å². The van der Waals surface area contributed by atoms with Crippen molar-refractivity contribution in [3.8, 4) is 0 Å². The van der Waals surface area contributed by atoms with Crippen molar-refractivity contribution in [1.82, 2.24) is 0 Å². The molecule has 0 radical (unpaired) electrons. The van der Waals surface area contributed by atoms with Crippen LogP contribution in [0.4, 0.5) is 79.0 Å². The summed E-state index contributed by atoms with van der Waals surface area (Å²) < 4.78 is 328. The normalized spacial score (nSPS) is 12.8. The molecule has 0 atom stereocenters. The van der Waals surface area contributed by atoms with E-state index in [0.717, 1.165) is 12.4 Å². The van der Waals surface area contributed by atoms with Gasteiger partial charge in [0.2, 0.25) is 0 Å². The molecular weight excluding hydrogens is 1010 g/mol. The molecule has 0 rings (SSSR count). The summed E-state index contributed by atoms with van der Waals surface area (Å²) in [6.45, 7) is 0. The first-order chi connectivity index (χ1) is 18.6. The zero-order valence-electron chi connectivity index (χ0n) is 23.6. The van der Waals surface area contributed by atoms with Crippen LogP contribution in [0.5, 0.6) is 0 Å². The van der Waals surface area contributed by atoms with Crippen LogP contribution >= 0.6 is 0 Å². The fraction of sp³-hybridized carbons (Fsp3) is 1.00. The van der Waals surface area contributed by atoms with Gasteiger partial charge in [0.05, 0.1) is 0 Å². The number of hydrogen-bond acceptors (Lipinski definition) is 12. The first-order valence-electron chi connectivity index (χ1n) is 7.72. The summed E-state index contributed by atoms with van der Waals surface area (Å²) in [5, 5.41) is 0. The van der Waals surface area contributed by atoms with Crippen LogP contribution in [0.15, 0.2) is 0 Å². The predicted octanol–water partition coefficient (Wildman–Crippen LogP) is -4.10. The Labute approximate surface area is 304 Å². The maximum Gasteiger partial charge on any atom is 3.00 e. The van der Waals surface area contributed by atoms with Crippen LogP contribution < -0.4 is 0 Å². The van der Waals surface area contributed by atoms with Crippen molar-refractivity contribution >= 4 is 60.1 Å². The standard InChI is InChI=1S/3C2F6NO4S2.8H2O.Sc/c3*3-1(4,5)14(10,11)9-15(12,13)2(6,7)8;;;;;;;;;/h;;;8*1H2;/q3*-1;;;;;;;;;+3/p+7. The molecule has 0 spiro atoms. The Morgan fingerprint density at radius 3 is 0.333 bits per heavy atom. The number of nitrogens with zero attached hydrogens (tertiary/aromatic N) is 3. The quantitative estimate of drug-likeness (QED) is 0.181.